The van der Waals surface area contributed by atoms with E-state index in [1.165, 1.54) is 20.4 Å². The van der Waals surface area contributed by atoms with Crippen molar-refractivity contribution in [2.24, 2.45) is 0 Å². The number of halogens is 1. The molecule has 1 aliphatic rings. The number of nitrogens with two attached hydrogens (primary N) is 1. The number of amides is 1. The zero-order chi connectivity index (χ0) is 25.3. The number of rotatable bonds is 3. The summed E-state index contributed by atoms with van der Waals surface area (Å²) < 4.78 is 17.7. The van der Waals surface area contributed by atoms with Gasteiger partial charge < -0.3 is 24.8 Å². The Labute approximate surface area is 208 Å². The molecule has 11 heteroatoms. The lowest BCUT2D eigenvalue weighted by molar-refractivity contribution is 0.0288. The summed E-state index contributed by atoms with van der Waals surface area (Å²) in [7, 11) is 3.04. The summed E-state index contributed by atoms with van der Waals surface area (Å²) in [6.45, 7) is 6.49. The van der Waals surface area contributed by atoms with E-state index in [9.17, 15) is 4.79 Å². The number of methoxy groups -OCH3 is 2. The standard InChI is InChI=1S/C24H27ClN6O4/c1-24(2,3)35-23(32)30-9-8-15(13-30)31-21-16(25)12-27-22(26)20(21)17(29-31)7-6-14-10-18(33-4)28-19(11-14)34-5/h10-12,15H,8-9,13H2,1-5H3,(H2,26,27). The van der Waals surface area contributed by atoms with Crippen LogP contribution in [0.4, 0.5) is 10.6 Å². The van der Waals surface area contributed by atoms with Crippen molar-refractivity contribution < 1.29 is 19.0 Å². The van der Waals surface area contributed by atoms with Gasteiger partial charge in [0.05, 0.1) is 42.4 Å². The first kappa shape index (κ1) is 24.4. The number of aromatic nitrogens is 4. The number of nitrogen functional groups attached to an aromatic ring is 1. The molecule has 2 N–H and O–H groups in total. The minimum Gasteiger partial charge on any atom is -0.481 e. The monoisotopic (exact) mass is 498 g/mol. The second-order valence-electron chi connectivity index (χ2n) is 9.07. The molecule has 4 heterocycles. The number of carbonyl (C=O) groups is 1. The van der Waals surface area contributed by atoms with Gasteiger partial charge in [0.2, 0.25) is 11.8 Å². The van der Waals surface area contributed by atoms with Crippen molar-refractivity contribution in [1.82, 2.24) is 24.6 Å². The van der Waals surface area contributed by atoms with Crippen LogP contribution in [-0.2, 0) is 4.74 Å². The van der Waals surface area contributed by atoms with E-state index in [1.807, 2.05) is 20.8 Å². The molecule has 184 valence electrons. The average Bonchev–Trinajstić information content (AvgIpc) is 3.44. The molecule has 0 spiro atoms. The number of likely N-dealkylation sites (tertiary alicyclic amines) is 1. The third-order valence-corrected chi connectivity index (χ3v) is 5.67. The number of carbonyl (C=O) groups excluding carboxylic acids is 1. The minimum absolute atomic E-state index is 0.124. The van der Waals surface area contributed by atoms with Gasteiger partial charge in [0.15, 0.2) is 0 Å². The highest BCUT2D eigenvalue weighted by Gasteiger charge is 2.33. The summed E-state index contributed by atoms with van der Waals surface area (Å²) in [6, 6.07) is 3.26. The topological polar surface area (TPSA) is 118 Å². The summed E-state index contributed by atoms with van der Waals surface area (Å²) in [5.41, 5.74) is 7.33. The van der Waals surface area contributed by atoms with E-state index in [2.05, 4.69) is 21.8 Å². The van der Waals surface area contributed by atoms with E-state index in [0.717, 1.165) is 0 Å². The summed E-state index contributed by atoms with van der Waals surface area (Å²) in [6.07, 6.45) is 1.82. The highest BCUT2D eigenvalue weighted by atomic mass is 35.5. The third kappa shape index (κ3) is 5.20. The van der Waals surface area contributed by atoms with Crippen molar-refractivity contribution in [2.75, 3.05) is 33.0 Å². The van der Waals surface area contributed by atoms with Crippen LogP contribution in [0.2, 0.25) is 5.02 Å². The van der Waals surface area contributed by atoms with Gasteiger partial charge >= 0.3 is 6.09 Å². The predicted octanol–water partition coefficient (Wildman–Crippen LogP) is 3.66. The number of nitrogens with zero attached hydrogens (tertiary/aromatic N) is 5. The molecule has 3 aromatic rings. The molecule has 0 aromatic carbocycles. The number of hydrogen-bond acceptors (Lipinski definition) is 8. The molecule has 1 saturated heterocycles. The highest BCUT2D eigenvalue weighted by Crippen LogP contribution is 2.34. The third-order valence-electron chi connectivity index (χ3n) is 5.39. The fraction of sp³-hybridized carbons (Fsp3) is 0.417. The Hall–Kier alpha value is -3.71. The normalized spacial score (nSPS) is 15.6. The van der Waals surface area contributed by atoms with Gasteiger partial charge in [-0.2, -0.15) is 10.1 Å². The first-order valence-corrected chi connectivity index (χ1v) is 11.4. The number of ether oxygens (including phenoxy) is 3. The van der Waals surface area contributed by atoms with Gasteiger partial charge in [-0.1, -0.05) is 17.5 Å². The fourth-order valence-corrected chi connectivity index (χ4v) is 4.07. The molecule has 10 nitrogen and oxygen atoms in total. The Morgan fingerprint density at radius 2 is 1.89 bits per heavy atom. The predicted molar refractivity (Wildman–Crippen MR) is 132 cm³/mol. The number of anilines is 1. The molecule has 3 aromatic heterocycles. The molecule has 1 amide bonds. The van der Waals surface area contributed by atoms with E-state index in [0.29, 0.717) is 58.5 Å². The molecular formula is C24H27ClN6O4. The first-order valence-electron chi connectivity index (χ1n) is 11.0. The van der Waals surface area contributed by atoms with Crippen molar-refractivity contribution >= 4 is 34.4 Å². The van der Waals surface area contributed by atoms with Crippen molar-refractivity contribution in [1.29, 1.82) is 0 Å². The lowest BCUT2D eigenvalue weighted by Crippen LogP contribution is -2.35. The SMILES string of the molecule is COc1cc(C#Cc2nn(C3CCN(C(=O)OC(C)(C)C)C3)c3c(Cl)cnc(N)c23)cc(OC)n1. The van der Waals surface area contributed by atoms with Crippen LogP contribution < -0.4 is 15.2 Å². The zero-order valence-corrected chi connectivity index (χ0v) is 21.0. The molecule has 1 aliphatic heterocycles. The second kappa shape index (κ2) is 9.50. The van der Waals surface area contributed by atoms with Gasteiger partial charge in [-0.25, -0.2) is 9.78 Å². The van der Waals surface area contributed by atoms with Crippen LogP contribution in [0.3, 0.4) is 0 Å². The van der Waals surface area contributed by atoms with Crippen molar-refractivity contribution in [3.63, 3.8) is 0 Å². The molecule has 0 aliphatic carbocycles. The van der Waals surface area contributed by atoms with E-state index >= 15 is 0 Å². The van der Waals surface area contributed by atoms with Crippen LogP contribution in [0.15, 0.2) is 18.3 Å². The van der Waals surface area contributed by atoms with E-state index in [4.69, 9.17) is 36.6 Å². The van der Waals surface area contributed by atoms with Gasteiger partial charge in [-0.15, -0.1) is 0 Å². The molecular weight excluding hydrogens is 472 g/mol. The molecule has 0 saturated carbocycles. The van der Waals surface area contributed by atoms with Crippen LogP contribution in [0.25, 0.3) is 10.9 Å². The van der Waals surface area contributed by atoms with Crippen molar-refractivity contribution in [3.05, 3.63) is 34.6 Å². The lowest BCUT2D eigenvalue weighted by atomic mass is 10.2. The molecule has 0 radical (unpaired) electrons. The fourth-order valence-electron chi connectivity index (χ4n) is 3.84. The Kier molecular flexibility index (Phi) is 6.63. The van der Waals surface area contributed by atoms with Crippen molar-refractivity contribution in [3.8, 4) is 23.6 Å². The summed E-state index contributed by atoms with van der Waals surface area (Å²) in [5.74, 6) is 7.17. The Morgan fingerprint density at radius 1 is 1.20 bits per heavy atom. The summed E-state index contributed by atoms with van der Waals surface area (Å²) >= 11 is 6.53. The average molecular weight is 499 g/mol. The quantitative estimate of drug-likeness (QED) is 0.543. The van der Waals surface area contributed by atoms with Gasteiger partial charge in [-0.05, 0) is 33.1 Å². The Morgan fingerprint density at radius 3 is 2.51 bits per heavy atom. The minimum atomic E-state index is -0.571. The van der Waals surface area contributed by atoms with E-state index in [-0.39, 0.29) is 18.0 Å². The van der Waals surface area contributed by atoms with Crippen LogP contribution in [0, 0.1) is 11.8 Å². The smallest absolute Gasteiger partial charge is 0.410 e. The van der Waals surface area contributed by atoms with E-state index < -0.39 is 5.60 Å². The molecule has 1 unspecified atom stereocenters. The van der Waals surface area contributed by atoms with Crippen LogP contribution >= 0.6 is 11.6 Å². The van der Waals surface area contributed by atoms with Crippen LogP contribution in [0.5, 0.6) is 11.8 Å². The highest BCUT2D eigenvalue weighted by molar-refractivity contribution is 6.35. The number of fused-ring (bicyclic) bond motifs is 1. The Balaban J connectivity index is 1.72. The summed E-state index contributed by atoms with van der Waals surface area (Å²) in [5, 5.41) is 5.71. The summed E-state index contributed by atoms with van der Waals surface area (Å²) in [4.78, 5) is 22.6. The molecule has 35 heavy (non-hydrogen) atoms. The Bertz CT molecular complexity index is 1320. The maximum atomic E-state index is 12.6. The first-order chi connectivity index (χ1) is 16.6. The van der Waals surface area contributed by atoms with Gasteiger partial charge in [-0.3, -0.25) is 4.68 Å². The van der Waals surface area contributed by atoms with Crippen LogP contribution in [0.1, 0.15) is 44.5 Å². The zero-order valence-electron chi connectivity index (χ0n) is 20.3. The molecule has 0 bridgehead atoms. The molecule has 1 fully saturated rings. The van der Waals surface area contributed by atoms with Crippen LogP contribution in [-0.4, -0.2) is 63.7 Å². The van der Waals surface area contributed by atoms with Crippen molar-refractivity contribution in [2.45, 2.75) is 38.8 Å². The van der Waals surface area contributed by atoms with Gasteiger partial charge in [0, 0.05) is 30.8 Å². The largest absolute Gasteiger partial charge is 0.481 e. The molecule has 4 rings (SSSR count). The van der Waals surface area contributed by atoms with Gasteiger partial charge in [0.1, 0.15) is 17.1 Å². The van der Waals surface area contributed by atoms with Gasteiger partial charge in [0.25, 0.3) is 0 Å². The van der Waals surface area contributed by atoms with E-state index in [1.54, 1.807) is 21.7 Å². The molecule has 1 atom stereocenters. The second-order valence-corrected chi connectivity index (χ2v) is 9.47. The number of pyridine rings is 2. The lowest BCUT2D eigenvalue weighted by Gasteiger charge is -2.24. The maximum absolute atomic E-state index is 12.6. The maximum Gasteiger partial charge on any atom is 0.410 e. The number of hydrogen-bond donors (Lipinski definition) is 1.